The molecule has 1 atom stereocenters. The number of carbonyl (C=O) groups is 1. The Hall–Kier alpha value is -1.52. The molecule has 0 radical (unpaired) electrons. The van der Waals surface area contributed by atoms with Gasteiger partial charge < -0.3 is 10.4 Å². The van der Waals surface area contributed by atoms with Crippen molar-refractivity contribution in [1.29, 1.82) is 0 Å². The van der Waals surface area contributed by atoms with E-state index in [1.165, 1.54) is 0 Å². The molecule has 0 aliphatic heterocycles. The molecule has 1 unspecified atom stereocenters. The number of carboxylic acids is 1. The van der Waals surface area contributed by atoms with Gasteiger partial charge in [0.25, 0.3) is 0 Å². The van der Waals surface area contributed by atoms with E-state index < -0.39 is 12.0 Å². The summed E-state index contributed by atoms with van der Waals surface area (Å²) in [5, 5.41) is 12.9. The summed E-state index contributed by atoms with van der Waals surface area (Å²) >= 11 is 9.32. The number of carboxylic acid groups (broad SMARTS) is 1. The standard InChI is InChI=1S/C15H13BrClNO2/c1-9-3-2-4-11(7-9)18-14(15(19)20)10-5-6-12(16)13(17)8-10/h2-8,14,18H,1H3,(H,19,20). The van der Waals surface area contributed by atoms with E-state index in [-0.39, 0.29) is 0 Å². The molecule has 2 N–H and O–H groups in total. The van der Waals surface area contributed by atoms with Crippen molar-refractivity contribution in [3.05, 3.63) is 63.1 Å². The molecule has 2 rings (SSSR count). The monoisotopic (exact) mass is 353 g/mol. The maximum absolute atomic E-state index is 11.5. The van der Waals surface area contributed by atoms with Crippen molar-refractivity contribution in [2.24, 2.45) is 0 Å². The third-order valence-corrected chi connectivity index (χ3v) is 4.09. The molecule has 0 saturated heterocycles. The average molecular weight is 355 g/mol. The maximum Gasteiger partial charge on any atom is 0.330 e. The van der Waals surface area contributed by atoms with Gasteiger partial charge in [0, 0.05) is 10.2 Å². The lowest BCUT2D eigenvalue weighted by Crippen LogP contribution is -2.20. The van der Waals surface area contributed by atoms with Gasteiger partial charge >= 0.3 is 5.97 Å². The number of halogens is 2. The molecule has 20 heavy (non-hydrogen) atoms. The van der Waals surface area contributed by atoms with Crippen molar-refractivity contribution in [1.82, 2.24) is 0 Å². The maximum atomic E-state index is 11.5. The first-order chi connectivity index (χ1) is 9.47. The van der Waals surface area contributed by atoms with E-state index in [1.54, 1.807) is 18.2 Å². The molecule has 0 aliphatic carbocycles. The molecule has 0 spiro atoms. The second-order valence-corrected chi connectivity index (χ2v) is 5.72. The highest BCUT2D eigenvalue weighted by atomic mass is 79.9. The third kappa shape index (κ3) is 3.52. The van der Waals surface area contributed by atoms with Crippen LogP contribution in [-0.4, -0.2) is 11.1 Å². The van der Waals surface area contributed by atoms with Crippen molar-refractivity contribution in [2.45, 2.75) is 13.0 Å². The molecular formula is C15H13BrClNO2. The average Bonchev–Trinajstić information content (AvgIpc) is 2.39. The van der Waals surface area contributed by atoms with Gasteiger partial charge in [-0.3, -0.25) is 0 Å². The van der Waals surface area contributed by atoms with Gasteiger partial charge in [0.2, 0.25) is 0 Å². The van der Waals surface area contributed by atoms with Gasteiger partial charge in [-0.2, -0.15) is 0 Å². The Labute approximate surface area is 130 Å². The second-order valence-electron chi connectivity index (χ2n) is 4.46. The highest BCUT2D eigenvalue weighted by Gasteiger charge is 2.20. The van der Waals surface area contributed by atoms with E-state index in [0.717, 1.165) is 15.7 Å². The number of hydrogen-bond acceptors (Lipinski definition) is 2. The molecule has 104 valence electrons. The summed E-state index contributed by atoms with van der Waals surface area (Å²) in [5.41, 5.74) is 2.43. The van der Waals surface area contributed by atoms with Crippen LogP contribution in [0, 0.1) is 6.92 Å². The predicted octanol–water partition coefficient (Wildman–Crippen LogP) is 4.65. The fraction of sp³-hybridized carbons (Fsp3) is 0.133. The van der Waals surface area contributed by atoms with E-state index in [1.807, 2.05) is 31.2 Å². The number of hydrogen-bond donors (Lipinski definition) is 2. The lowest BCUT2D eigenvalue weighted by Gasteiger charge is -2.17. The van der Waals surface area contributed by atoms with E-state index in [9.17, 15) is 9.90 Å². The zero-order valence-electron chi connectivity index (χ0n) is 10.7. The van der Waals surface area contributed by atoms with Crippen LogP contribution >= 0.6 is 27.5 Å². The number of rotatable bonds is 4. The van der Waals surface area contributed by atoms with Crippen molar-refractivity contribution < 1.29 is 9.90 Å². The van der Waals surface area contributed by atoms with Gasteiger partial charge in [0.15, 0.2) is 6.04 Å². The SMILES string of the molecule is Cc1cccc(NC(C(=O)O)c2ccc(Br)c(Cl)c2)c1. The fourth-order valence-corrected chi connectivity index (χ4v) is 2.32. The molecule has 0 bridgehead atoms. The lowest BCUT2D eigenvalue weighted by molar-refractivity contribution is -0.138. The van der Waals surface area contributed by atoms with Gasteiger partial charge in [-0.1, -0.05) is 29.8 Å². The lowest BCUT2D eigenvalue weighted by atomic mass is 10.1. The molecule has 3 nitrogen and oxygen atoms in total. The summed E-state index contributed by atoms with van der Waals surface area (Å²) in [6.07, 6.45) is 0. The van der Waals surface area contributed by atoms with Gasteiger partial charge in [-0.05, 0) is 58.2 Å². The van der Waals surface area contributed by atoms with Crippen LogP contribution in [0.4, 0.5) is 5.69 Å². The van der Waals surface area contributed by atoms with Crippen LogP contribution in [0.2, 0.25) is 5.02 Å². The quantitative estimate of drug-likeness (QED) is 0.840. The van der Waals surface area contributed by atoms with Crippen LogP contribution in [0.25, 0.3) is 0 Å². The Balaban J connectivity index is 2.32. The van der Waals surface area contributed by atoms with E-state index >= 15 is 0 Å². The Kier molecular flexibility index (Phi) is 4.68. The van der Waals surface area contributed by atoms with Crippen molar-refractivity contribution in [2.75, 3.05) is 5.32 Å². The molecule has 0 saturated carbocycles. The molecule has 2 aromatic rings. The van der Waals surface area contributed by atoms with Crippen LogP contribution in [0.5, 0.6) is 0 Å². The summed E-state index contributed by atoms with van der Waals surface area (Å²) < 4.78 is 0.739. The summed E-state index contributed by atoms with van der Waals surface area (Å²) in [4.78, 5) is 11.5. The number of nitrogens with one attached hydrogen (secondary N) is 1. The second kappa shape index (κ2) is 6.29. The Morgan fingerprint density at radius 3 is 2.65 bits per heavy atom. The van der Waals surface area contributed by atoms with Crippen molar-refractivity contribution in [3.63, 3.8) is 0 Å². The molecule has 5 heteroatoms. The van der Waals surface area contributed by atoms with Gasteiger partial charge in [-0.25, -0.2) is 4.79 Å². The smallest absolute Gasteiger partial charge is 0.330 e. The van der Waals surface area contributed by atoms with Crippen LogP contribution in [0.3, 0.4) is 0 Å². The third-order valence-electron chi connectivity index (χ3n) is 2.85. The first-order valence-corrected chi connectivity index (χ1v) is 7.15. The summed E-state index contributed by atoms with van der Waals surface area (Å²) in [6.45, 7) is 1.96. The normalized spacial score (nSPS) is 11.9. The highest BCUT2D eigenvalue weighted by Crippen LogP contribution is 2.28. The topological polar surface area (TPSA) is 49.3 Å². The molecule has 0 amide bonds. The van der Waals surface area contributed by atoms with Gasteiger partial charge in [0.05, 0.1) is 5.02 Å². The zero-order valence-corrected chi connectivity index (χ0v) is 13.1. The Morgan fingerprint density at radius 2 is 2.05 bits per heavy atom. The summed E-state index contributed by atoms with van der Waals surface area (Å²) in [6, 6.07) is 11.8. The molecule has 0 aromatic heterocycles. The Bertz CT molecular complexity index is 646. The number of aliphatic carboxylic acids is 1. The van der Waals surface area contributed by atoms with E-state index in [2.05, 4.69) is 21.2 Å². The zero-order chi connectivity index (χ0) is 14.7. The van der Waals surface area contributed by atoms with Crippen LogP contribution < -0.4 is 5.32 Å². The molecule has 2 aromatic carbocycles. The van der Waals surface area contributed by atoms with Gasteiger partial charge in [-0.15, -0.1) is 0 Å². The van der Waals surface area contributed by atoms with Crippen LogP contribution in [0.1, 0.15) is 17.2 Å². The molecule has 0 heterocycles. The van der Waals surface area contributed by atoms with Crippen LogP contribution in [0.15, 0.2) is 46.9 Å². The molecular weight excluding hydrogens is 342 g/mol. The van der Waals surface area contributed by atoms with Crippen LogP contribution in [-0.2, 0) is 4.79 Å². The predicted molar refractivity (Wildman–Crippen MR) is 84.3 cm³/mol. The minimum atomic E-state index is -0.954. The van der Waals surface area contributed by atoms with Crippen molar-refractivity contribution in [3.8, 4) is 0 Å². The number of anilines is 1. The van der Waals surface area contributed by atoms with E-state index in [0.29, 0.717) is 10.6 Å². The minimum Gasteiger partial charge on any atom is -0.479 e. The number of aryl methyl sites for hydroxylation is 1. The summed E-state index contributed by atoms with van der Waals surface area (Å²) in [7, 11) is 0. The molecule has 0 fully saturated rings. The first-order valence-electron chi connectivity index (χ1n) is 5.98. The molecule has 0 aliphatic rings. The highest BCUT2D eigenvalue weighted by molar-refractivity contribution is 9.10. The number of benzene rings is 2. The Morgan fingerprint density at radius 1 is 1.30 bits per heavy atom. The van der Waals surface area contributed by atoms with Crippen molar-refractivity contribution >= 4 is 39.2 Å². The fourth-order valence-electron chi connectivity index (χ4n) is 1.88. The van der Waals surface area contributed by atoms with E-state index in [4.69, 9.17) is 11.6 Å². The first kappa shape index (κ1) is 14.9. The summed E-state index contributed by atoms with van der Waals surface area (Å²) in [5.74, 6) is -0.954. The minimum absolute atomic E-state index is 0.486. The largest absolute Gasteiger partial charge is 0.479 e. The van der Waals surface area contributed by atoms with Gasteiger partial charge in [0.1, 0.15) is 0 Å².